The van der Waals surface area contributed by atoms with Crippen LogP contribution in [0.5, 0.6) is 0 Å². The van der Waals surface area contributed by atoms with E-state index in [4.69, 9.17) is 0 Å². The topological polar surface area (TPSA) is 17.1 Å². The third-order valence-corrected chi connectivity index (χ3v) is 5.38. The maximum atomic E-state index is 11.8. The summed E-state index contributed by atoms with van der Waals surface area (Å²) in [6, 6.07) is 0. The van der Waals surface area contributed by atoms with Gasteiger partial charge in [0.15, 0.2) is 5.78 Å². The van der Waals surface area contributed by atoms with Crippen molar-refractivity contribution in [1.29, 1.82) is 0 Å². The summed E-state index contributed by atoms with van der Waals surface area (Å²) in [4.78, 5) is 11.8. The molecule has 0 aromatic carbocycles. The molecule has 3 atom stereocenters. The Balaban J connectivity index is 1.91. The maximum Gasteiger partial charge on any atom is 0.159 e. The van der Waals surface area contributed by atoms with Gasteiger partial charge in [0, 0.05) is 22.8 Å². The fraction of sp³-hybridized carbons (Fsp3) is 0.750. The van der Waals surface area contributed by atoms with Gasteiger partial charge in [0.25, 0.3) is 0 Å². The lowest BCUT2D eigenvalue weighted by atomic mass is 9.81. The van der Waals surface area contributed by atoms with E-state index >= 15 is 0 Å². The molecule has 3 rings (SSSR count). The van der Waals surface area contributed by atoms with E-state index in [2.05, 4.69) is 11.8 Å². The molecule has 3 aliphatic rings. The fourth-order valence-corrected chi connectivity index (χ4v) is 4.82. The summed E-state index contributed by atoms with van der Waals surface area (Å²) in [5.74, 6) is 2.60. The van der Waals surface area contributed by atoms with Gasteiger partial charge >= 0.3 is 0 Å². The van der Waals surface area contributed by atoms with Crippen LogP contribution in [0.25, 0.3) is 0 Å². The molecule has 0 radical (unpaired) electrons. The van der Waals surface area contributed by atoms with Crippen LogP contribution in [0.3, 0.4) is 0 Å². The fourth-order valence-electron chi connectivity index (χ4n) is 3.24. The van der Waals surface area contributed by atoms with Crippen molar-refractivity contribution < 1.29 is 4.79 Å². The third-order valence-electron chi connectivity index (χ3n) is 3.92. The van der Waals surface area contributed by atoms with Gasteiger partial charge in [-0.2, -0.15) is 11.8 Å². The van der Waals surface area contributed by atoms with Gasteiger partial charge in [-0.3, -0.25) is 4.79 Å². The molecule has 1 heterocycles. The zero-order valence-corrected chi connectivity index (χ0v) is 9.19. The van der Waals surface area contributed by atoms with Gasteiger partial charge in [0.2, 0.25) is 0 Å². The molecule has 2 heteroatoms. The standard InChI is InChI=1S/C12H16OS/c13-10-6-8-7-14-11-5-3-1-2-4-9(10)12(8)11/h6,9,11-12H,1-5,7H2/t9-,11+,12+/m1/s1. The van der Waals surface area contributed by atoms with Crippen LogP contribution >= 0.6 is 11.8 Å². The maximum absolute atomic E-state index is 11.8. The highest BCUT2D eigenvalue weighted by atomic mass is 32.2. The van der Waals surface area contributed by atoms with Crippen LogP contribution in [0.4, 0.5) is 0 Å². The Morgan fingerprint density at radius 1 is 1.21 bits per heavy atom. The van der Waals surface area contributed by atoms with Crippen molar-refractivity contribution >= 4 is 17.5 Å². The van der Waals surface area contributed by atoms with Gasteiger partial charge in [-0.05, 0) is 18.9 Å². The first-order chi connectivity index (χ1) is 6.86. The molecule has 2 fully saturated rings. The summed E-state index contributed by atoms with van der Waals surface area (Å²) in [6.07, 6.45) is 8.45. The Morgan fingerprint density at radius 3 is 3.00 bits per heavy atom. The summed E-state index contributed by atoms with van der Waals surface area (Å²) in [7, 11) is 0. The largest absolute Gasteiger partial charge is 0.295 e. The summed E-state index contributed by atoms with van der Waals surface area (Å²) in [6.45, 7) is 0. The first-order valence-corrected chi connectivity index (χ1v) is 6.77. The minimum absolute atomic E-state index is 0.380. The minimum atomic E-state index is 0.380. The molecule has 76 valence electrons. The number of carbonyl (C=O) groups is 1. The molecule has 0 bridgehead atoms. The van der Waals surface area contributed by atoms with Gasteiger partial charge in [-0.25, -0.2) is 0 Å². The van der Waals surface area contributed by atoms with E-state index in [0.717, 1.165) is 17.4 Å². The number of ketones is 1. The number of allylic oxidation sites excluding steroid dienone is 1. The lowest BCUT2D eigenvalue weighted by molar-refractivity contribution is -0.118. The van der Waals surface area contributed by atoms with Crippen molar-refractivity contribution in [2.75, 3.05) is 5.75 Å². The van der Waals surface area contributed by atoms with Crippen molar-refractivity contribution in [2.45, 2.75) is 37.4 Å². The predicted octanol–water partition coefficient (Wildman–Crippen LogP) is 2.81. The van der Waals surface area contributed by atoms with Crippen LogP contribution in [0, 0.1) is 11.8 Å². The molecule has 0 spiro atoms. The van der Waals surface area contributed by atoms with Crippen molar-refractivity contribution in [3.8, 4) is 0 Å². The Hall–Kier alpha value is -0.240. The van der Waals surface area contributed by atoms with Crippen LogP contribution in [0.2, 0.25) is 0 Å². The first-order valence-electron chi connectivity index (χ1n) is 5.72. The highest BCUT2D eigenvalue weighted by molar-refractivity contribution is 8.00. The van der Waals surface area contributed by atoms with Crippen LogP contribution in [-0.4, -0.2) is 16.8 Å². The second-order valence-corrected chi connectivity index (χ2v) is 5.97. The molecule has 0 N–H and O–H groups in total. The van der Waals surface area contributed by atoms with Crippen LogP contribution in [0.15, 0.2) is 11.6 Å². The Morgan fingerprint density at radius 2 is 2.07 bits per heavy atom. The first kappa shape index (κ1) is 9.02. The molecule has 2 aliphatic carbocycles. The van der Waals surface area contributed by atoms with E-state index in [9.17, 15) is 4.79 Å². The molecule has 0 amide bonds. The SMILES string of the molecule is O=C1C=C2CS[C@H]3CCCCC[C@H]1[C@H]23. The summed E-state index contributed by atoms with van der Waals surface area (Å²) < 4.78 is 0. The number of hydrogen-bond donors (Lipinski definition) is 0. The van der Waals surface area contributed by atoms with E-state index < -0.39 is 0 Å². The average Bonchev–Trinajstić information content (AvgIpc) is 2.59. The highest BCUT2D eigenvalue weighted by Crippen LogP contribution is 2.49. The monoisotopic (exact) mass is 208 g/mol. The lowest BCUT2D eigenvalue weighted by Crippen LogP contribution is -2.25. The Kier molecular flexibility index (Phi) is 2.19. The van der Waals surface area contributed by atoms with Crippen molar-refractivity contribution in [3.05, 3.63) is 11.6 Å². The molecular weight excluding hydrogens is 192 g/mol. The van der Waals surface area contributed by atoms with Gasteiger partial charge in [-0.1, -0.05) is 24.8 Å². The van der Waals surface area contributed by atoms with E-state index in [-0.39, 0.29) is 0 Å². The Labute approximate surface area is 89.3 Å². The minimum Gasteiger partial charge on any atom is -0.295 e. The second-order valence-electron chi connectivity index (χ2n) is 4.74. The number of thioether (sulfide) groups is 1. The second kappa shape index (κ2) is 3.41. The molecule has 1 nitrogen and oxygen atoms in total. The molecular formula is C12H16OS. The van der Waals surface area contributed by atoms with Gasteiger partial charge in [0.05, 0.1) is 0 Å². The van der Waals surface area contributed by atoms with E-state index in [1.807, 2.05) is 6.08 Å². The van der Waals surface area contributed by atoms with Gasteiger partial charge in [0.1, 0.15) is 0 Å². The number of carbonyl (C=O) groups excluding carboxylic acids is 1. The van der Waals surface area contributed by atoms with Gasteiger partial charge in [-0.15, -0.1) is 0 Å². The van der Waals surface area contributed by atoms with Crippen molar-refractivity contribution in [3.63, 3.8) is 0 Å². The summed E-state index contributed by atoms with van der Waals surface area (Å²) in [5.41, 5.74) is 1.47. The molecule has 0 aromatic heterocycles. The Bertz CT molecular complexity index is 295. The molecule has 1 saturated heterocycles. The van der Waals surface area contributed by atoms with Crippen LogP contribution in [0.1, 0.15) is 32.1 Å². The van der Waals surface area contributed by atoms with E-state index in [1.54, 1.807) is 0 Å². The molecule has 0 aromatic rings. The van der Waals surface area contributed by atoms with E-state index in [1.165, 1.54) is 31.3 Å². The normalized spacial score (nSPS) is 41.6. The predicted molar refractivity (Wildman–Crippen MR) is 59.4 cm³/mol. The van der Waals surface area contributed by atoms with Crippen molar-refractivity contribution in [2.24, 2.45) is 11.8 Å². The van der Waals surface area contributed by atoms with Crippen molar-refractivity contribution in [1.82, 2.24) is 0 Å². The molecule has 0 unspecified atom stereocenters. The lowest BCUT2D eigenvalue weighted by Gasteiger charge is -2.25. The number of hydrogen-bond acceptors (Lipinski definition) is 2. The van der Waals surface area contributed by atoms with E-state index in [0.29, 0.717) is 17.6 Å². The third kappa shape index (κ3) is 1.27. The van der Waals surface area contributed by atoms with Crippen LogP contribution in [-0.2, 0) is 4.79 Å². The molecule has 14 heavy (non-hydrogen) atoms. The van der Waals surface area contributed by atoms with Gasteiger partial charge < -0.3 is 0 Å². The quantitative estimate of drug-likeness (QED) is 0.609. The molecule has 1 aliphatic heterocycles. The average molecular weight is 208 g/mol. The summed E-state index contributed by atoms with van der Waals surface area (Å²) in [5, 5.41) is 0.776. The smallest absolute Gasteiger partial charge is 0.159 e. The summed E-state index contributed by atoms with van der Waals surface area (Å²) >= 11 is 2.09. The molecule has 1 saturated carbocycles. The number of rotatable bonds is 0. The van der Waals surface area contributed by atoms with Crippen LogP contribution < -0.4 is 0 Å². The zero-order chi connectivity index (χ0) is 9.54. The highest BCUT2D eigenvalue weighted by Gasteiger charge is 2.44. The zero-order valence-electron chi connectivity index (χ0n) is 8.37.